The number of hydrogen-bond donors (Lipinski definition) is 1. The molecule has 0 radical (unpaired) electrons. The zero-order chi connectivity index (χ0) is 16.2. The third-order valence-corrected chi connectivity index (χ3v) is 4.90. The van der Waals surface area contributed by atoms with Gasteiger partial charge in [-0.1, -0.05) is 5.16 Å². The second kappa shape index (κ2) is 7.08. The summed E-state index contributed by atoms with van der Waals surface area (Å²) in [6, 6.07) is -0.0888. The monoisotopic (exact) mass is 335 g/mol. The molecule has 23 heavy (non-hydrogen) atoms. The summed E-state index contributed by atoms with van der Waals surface area (Å²) in [6.07, 6.45) is 3.70. The maximum atomic E-state index is 12.0. The number of amides is 2. The van der Waals surface area contributed by atoms with Crippen LogP contribution in [0.25, 0.3) is 0 Å². The van der Waals surface area contributed by atoms with Crippen LogP contribution in [0.4, 0.5) is 4.79 Å². The Morgan fingerprint density at radius 2 is 2.30 bits per heavy atom. The van der Waals surface area contributed by atoms with Crippen molar-refractivity contribution in [2.24, 2.45) is 0 Å². The summed E-state index contributed by atoms with van der Waals surface area (Å²) in [4.78, 5) is 23.5. The van der Waals surface area contributed by atoms with Gasteiger partial charge < -0.3 is 14.7 Å². The van der Waals surface area contributed by atoms with Gasteiger partial charge in [-0.05, 0) is 19.8 Å². The molecule has 1 N–H and O–H groups in total. The minimum atomic E-state index is -0.0888. The average Bonchev–Trinajstić information content (AvgIpc) is 3.15. The van der Waals surface area contributed by atoms with Crippen LogP contribution in [0.15, 0.2) is 10.0 Å². The first-order valence-corrected chi connectivity index (χ1v) is 8.72. The highest BCUT2D eigenvalue weighted by atomic mass is 32.1. The summed E-state index contributed by atoms with van der Waals surface area (Å²) in [6.45, 7) is 3.16. The van der Waals surface area contributed by atoms with Gasteiger partial charge in [-0.25, -0.2) is 9.78 Å². The van der Waals surface area contributed by atoms with Crippen LogP contribution in [-0.4, -0.2) is 46.2 Å². The van der Waals surface area contributed by atoms with E-state index in [0.717, 1.165) is 30.8 Å². The summed E-state index contributed by atoms with van der Waals surface area (Å²) in [5.74, 6) is 1.89. The van der Waals surface area contributed by atoms with Crippen LogP contribution in [0.3, 0.4) is 0 Å². The number of hydrogen-bond acceptors (Lipinski definition) is 6. The van der Waals surface area contributed by atoms with Crippen molar-refractivity contribution in [1.82, 2.24) is 25.3 Å². The predicted molar refractivity (Wildman–Crippen MR) is 86.6 cm³/mol. The van der Waals surface area contributed by atoms with Crippen molar-refractivity contribution in [2.75, 3.05) is 20.1 Å². The van der Waals surface area contributed by atoms with Crippen LogP contribution in [0.2, 0.25) is 0 Å². The molecule has 1 saturated carbocycles. The summed E-state index contributed by atoms with van der Waals surface area (Å²) in [5.41, 5.74) is 2.89. The van der Waals surface area contributed by atoms with Gasteiger partial charge in [0.15, 0.2) is 5.82 Å². The SMILES string of the molecule is Cc1ncsc1CCN(C)C(=O)NCCc1nc(C2CC2)no1. The fourth-order valence-corrected chi connectivity index (χ4v) is 3.00. The molecule has 0 atom stereocenters. The Morgan fingerprint density at radius 1 is 1.48 bits per heavy atom. The standard InChI is InChI=1S/C15H21N5O2S/c1-10-12(23-9-17-10)6-8-20(2)15(21)16-7-5-13-18-14(19-22-13)11-3-4-11/h9,11H,3-8H2,1-2H3,(H,16,21). The van der Waals surface area contributed by atoms with Crippen molar-refractivity contribution in [3.63, 3.8) is 0 Å². The van der Waals surface area contributed by atoms with Gasteiger partial charge in [0.1, 0.15) is 0 Å². The van der Waals surface area contributed by atoms with Crippen molar-refractivity contribution in [3.8, 4) is 0 Å². The summed E-state index contributed by atoms with van der Waals surface area (Å²) < 4.78 is 5.19. The highest BCUT2D eigenvalue weighted by molar-refractivity contribution is 7.09. The van der Waals surface area contributed by atoms with Gasteiger partial charge >= 0.3 is 6.03 Å². The van der Waals surface area contributed by atoms with Crippen LogP contribution in [0.5, 0.6) is 0 Å². The van der Waals surface area contributed by atoms with Gasteiger partial charge in [-0.15, -0.1) is 11.3 Å². The second-order valence-electron chi connectivity index (χ2n) is 5.84. The Hall–Kier alpha value is -1.96. The summed E-state index contributed by atoms with van der Waals surface area (Å²) >= 11 is 1.63. The Kier molecular flexibility index (Phi) is 4.90. The number of rotatable bonds is 7. The summed E-state index contributed by atoms with van der Waals surface area (Å²) in [5, 5.41) is 6.84. The lowest BCUT2D eigenvalue weighted by Crippen LogP contribution is -2.39. The van der Waals surface area contributed by atoms with E-state index < -0.39 is 0 Å². The zero-order valence-electron chi connectivity index (χ0n) is 13.4. The maximum absolute atomic E-state index is 12.0. The van der Waals surface area contributed by atoms with Crippen LogP contribution < -0.4 is 5.32 Å². The average molecular weight is 335 g/mol. The van der Waals surface area contributed by atoms with E-state index in [1.807, 2.05) is 12.4 Å². The quantitative estimate of drug-likeness (QED) is 0.838. The van der Waals surface area contributed by atoms with Gasteiger partial charge in [-0.3, -0.25) is 0 Å². The molecule has 2 heterocycles. The molecule has 0 bridgehead atoms. The predicted octanol–water partition coefficient (Wildman–Crippen LogP) is 2.14. The third kappa shape index (κ3) is 4.28. The van der Waals surface area contributed by atoms with Crippen molar-refractivity contribution in [3.05, 3.63) is 27.8 Å². The van der Waals surface area contributed by atoms with Crippen LogP contribution in [0.1, 0.15) is 41.0 Å². The number of likely N-dealkylation sites (N-methyl/N-ethyl adjacent to an activating group) is 1. The molecule has 1 aliphatic rings. The van der Waals surface area contributed by atoms with E-state index in [-0.39, 0.29) is 6.03 Å². The topological polar surface area (TPSA) is 84.2 Å². The largest absolute Gasteiger partial charge is 0.339 e. The minimum absolute atomic E-state index is 0.0888. The van der Waals surface area contributed by atoms with E-state index in [0.29, 0.717) is 31.3 Å². The Morgan fingerprint density at radius 3 is 3.00 bits per heavy atom. The number of carbonyl (C=O) groups excluding carboxylic acids is 1. The molecule has 1 fully saturated rings. The molecule has 7 nitrogen and oxygen atoms in total. The highest BCUT2D eigenvalue weighted by Gasteiger charge is 2.28. The number of carbonyl (C=O) groups is 1. The Labute approximate surface area is 139 Å². The highest BCUT2D eigenvalue weighted by Crippen LogP contribution is 2.38. The second-order valence-corrected chi connectivity index (χ2v) is 6.77. The molecule has 1 aliphatic carbocycles. The number of aryl methyl sites for hydroxylation is 1. The third-order valence-electron chi connectivity index (χ3n) is 3.91. The van der Waals surface area contributed by atoms with Gasteiger partial charge in [-0.2, -0.15) is 4.98 Å². The van der Waals surface area contributed by atoms with E-state index in [4.69, 9.17) is 4.52 Å². The van der Waals surface area contributed by atoms with E-state index >= 15 is 0 Å². The molecular weight excluding hydrogens is 314 g/mol. The van der Waals surface area contributed by atoms with Crippen molar-refractivity contribution < 1.29 is 9.32 Å². The normalized spacial score (nSPS) is 14.0. The van der Waals surface area contributed by atoms with Crippen molar-refractivity contribution in [1.29, 1.82) is 0 Å². The van der Waals surface area contributed by atoms with E-state index in [2.05, 4.69) is 20.4 Å². The molecule has 2 aromatic heterocycles. The molecule has 0 saturated heterocycles. The first-order chi connectivity index (χ1) is 11.1. The van der Waals surface area contributed by atoms with E-state index in [9.17, 15) is 4.79 Å². The molecule has 0 unspecified atom stereocenters. The van der Waals surface area contributed by atoms with Gasteiger partial charge in [0, 0.05) is 43.8 Å². The van der Waals surface area contributed by atoms with Gasteiger partial charge in [0.25, 0.3) is 0 Å². The molecule has 3 rings (SSSR count). The number of thiazole rings is 1. The number of nitrogens with one attached hydrogen (secondary N) is 1. The van der Waals surface area contributed by atoms with Crippen molar-refractivity contribution in [2.45, 2.75) is 38.5 Å². The lowest BCUT2D eigenvalue weighted by atomic mass is 10.3. The fourth-order valence-electron chi connectivity index (χ4n) is 2.23. The van der Waals surface area contributed by atoms with E-state index in [1.165, 1.54) is 4.88 Å². The van der Waals surface area contributed by atoms with Crippen LogP contribution in [-0.2, 0) is 12.8 Å². The molecule has 124 valence electrons. The van der Waals surface area contributed by atoms with Crippen LogP contribution in [0, 0.1) is 6.92 Å². The van der Waals surface area contributed by atoms with Crippen LogP contribution >= 0.6 is 11.3 Å². The molecular formula is C15H21N5O2S. The molecule has 0 aliphatic heterocycles. The number of urea groups is 1. The Balaban J connectivity index is 1.37. The smallest absolute Gasteiger partial charge is 0.317 e. The van der Waals surface area contributed by atoms with Gasteiger partial charge in [0.2, 0.25) is 5.89 Å². The fraction of sp³-hybridized carbons (Fsp3) is 0.600. The van der Waals surface area contributed by atoms with Gasteiger partial charge in [0.05, 0.1) is 11.2 Å². The minimum Gasteiger partial charge on any atom is -0.339 e. The number of nitrogens with zero attached hydrogens (tertiary/aromatic N) is 4. The molecule has 8 heteroatoms. The molecule has 2 amide bonds. The van der Waals surface area contributed by atoms with E-state index in [1.54, 1.807) is 23.3 Å². The molecule has 0 spiro atoms. The maximum Gasteiger partial charge on any atom is 0.317 e. The first kappa shape index (κ1) is 15.9. The number of aromatic nitrogens is 3. The zero-order valence-corrected chi connectivity index (χ0v) is 14.2. The summed E-state index contributed by atoms with van der Waals surface area (Å²) in [7, 11) is 1.80. The van der Waals surface area contributed by atoms with Crippen molar-refractivity contribution >= 4 is 17.4 Å². The lowest BCUT2D eigenvalue weighted by molar-refractivity contribution is 0.209. The molecule has 0 aromatic carbocycles. The lowest BCUT2D eigenvalue weighted by Gasteiger charge is -2.17. The first-order valence-electron chi connectivity index (χ1n) is 7.84. The molecule has 2 aromatic rings. The Bertz CT molecular complexity index is 664.